The van der Waals surface area contributed by atoms with Crippen molar-refractivity contribution in [3.63, 3.8) is 0 Å². The largest absolute Gasteiger partial charge is 0.336 e. The summed E-state index contributed by atoms with van der Waals surface area (Å²) in [6.07, 6.45) is 3.68. The van der Waals surface area contributed by atoms with E-state index in [4.69, 9.17) is 0 Å². The van der Waals surface area contributed by atoms with E-state index in [1.807, 2.05) is 58.8 Å². The highest BCUT2D eigenvalue weighted by Gasteiger charge is 2.24. The summed E-state index contributed by atoms with van der Waals surface area (Å²) in [5, 5.41) is 3.00. The first kappa shape index (κ1) is 24.8. The van der Waals surface area contributed by atoms with Crippen LogP contribution >= 0.6 is 0 Å². The van der Waals surface area contributed by atoms with Gasteiger partial charge in [-0.15, -0.1) is 0 Å². The molecule has 2 heterocycles. The van der Waals surface area contributed by atoms with Crippen molar-refractivity contribution < 1.29 is 13.2 Å². The molecule has 4 aromatic rings. The first-order valence-electron chi connectivity index (χ1n) is 12.1. The number of benzene rings is 3. The van der Waals surface area contributed by atoms with Crippen molar-refractivity contribution >= 4 is 38.5 Å². The number of hydrogen-bond acceptors (Lipinski definition) is 5. The number of fused-ring (bicyclic) bond motifs is 2. The van der Waals surface area contributed by atoms with Crippen molar-refractivity contribution in [1.29, 1.82) is 0 Å². The first-order valence-corrected chi connectivity index (χ1v) is 14.0. The zero-order chi connectivity index (χ0) is 26.2. The number of sulfonamides is 1. The zero-order valence-corrected chi connectivity index (χ0v) is 21.9. The molecule has 1 aliphatic heterocycles. The summed E-state index contributed by atoms with van der Waals surface area (Å²) in [5.41, 5.74) is 7.25. The van der Waals surface area contributed by atoms with Crippen LogP contribution < -0.4 is 14.9 Å². The zero-order valence-electron chi connectivity index (χ0n) is 21.1. The van der Waals surface area contributed by atoms with E-state index in [2.05, 4.69) is 27.2 Å². The number of hydrogen-bond donors (Lipinski definition) is 2. The summed E-state index contributed by atoms with van der Waals surface area (Å²) in [6.45, 7) is 2.07. The predicted octanol–water partition coefficient (Wildman–Crippen LogP) is 3.70. The first-order chi connectivity index (χ1) is 17.7. The van der Waals surface area contributed by atoms with Gasteiger partial charge in [0.2, 0.25) is 10.0 Å². The molecule has 1 aliphatic rings. The Morgan fingerprint density at radius 1 is 1.05 bits per heavy atom. The van der Waals surface area contributed by atoms with Gasteiger partial charge in [-0.3, -0.25) is 14.2 Å². The molecule has 9 nitrogen and oxygen atoms in total. The van der Waals surface area contributed by atoms with Crippen LogP contribution in [0.3, 0.4) is 0 Å². The second-order valence-corrected chi connectivity index (χ2v) is 11.3. The third-order valence-corrected chi connectivity index (χ3v) is 6.97. The van der Waals surface area contributed by atoms with Gasteiger partial charge >= 0.3 is 6.03 Å². The fourth-order valence-electron chi connectivity index (χ4n) is 4.60. The van der Waals surface area contributed by atoms with E-state index >= 15 is 0 Å². The Labute approximate surface area is 216 Å². The van der Waals surface area contributed by atoms with Gasteiger partial charge in [-0.1, -0.05) is 18.2 Å². The van der Waals surface area contributed by atoms with E-state index in [-0.39, 0.29) is 6.03 Å². The van der Waals surface area contributed by atoms with E-state index in [0.717, 1.165) is 58.3 Å². The lowest BCUT2D eigenvalue weighted by Crippen LogP contribution is -2.41. The van der Waals surface area contributed by atoms with Crippen LogP contribution in [0.5, 0.6) is 0 Å². The summed E-state index contributed by atoms with van der Waals surface area (Å²) >= 11 is 0. The van der Waals surface area contributed by atoms with Gasteiger partial charge in [0, 0.05) is 31.0 Å². The number of carbonyl (C=O) groups is 1. The Kier molecular flexibility index (Phi) is 6.61. The third-order valence-electron chi connectivity index (χ3n) is 6.36. The van der Waals surface area contributed by atoms with E-state index in [1.165, 1.54) is 0 Å². The molecule has 10 heteroatoms. The molecule has 5 rings (SSSR count). The second kappa shape index (κ2) is 9.87. The number of nitrogens with zero attached hydrogens (tertiary/aromatic N) is 4. The molecule has 0 atom stereocenters. The molecule has 0 fully saturated rings. The molecule has 0 radical (unpaired) electrons. The highest BCUT2D eigenvalue weighted by Crippen LogP contribution is 2.34. The fraction of sp³-hybridized carbons (Fsp3) is 0.259. The van der Waals surface area contributed by atoms with Crippen LogP contribution in [0, 0.1) is 0 Å². The van der Waals surface area contributed by atoms with Crippen LogP contribution in [0.1, 0.15) is 5.56 Å². The number of imidazole rings is 1. The molecule has 3 aromatic carbocycles. The van der Waals surface area contributed by atoms with Crippen LogP contribution in [-0.2, 0) is 16.4 Å². The quantitative estimate of drug-likeness (QED) is 0.389. The smallest absolute Gasteiger partial charge is 0.321 e. The molecular formula is C27H30N6O3S. The van der Waals surface area contributed by atoms with Crippen LogP contribution in [-0.4, -0.2) is 68.9 Å². The predicted molar refractivity (Wildman–Crippen MR) is 148 cm³/mol. The number of nitrogens with one attached hydrogen (secondary N) is 2. The fourth-order valence-corrected chi connectivity index (χ4v) is 5.16. The molecule has 2 amide bonds. The van der Waals surface area contributed by atoms with Gasteiger partial charge in [0.05, 0.1) is 23.0 Å². The summed E-state index contributed by atoms with van der Waals surface area (Å²) in [7, 11) is 0.589. The summed E-state index contributed by atoms with van der Waals surface area (Å²) in [6, 6.07) is 19.5. The maximum Gasteiger partial charge on any atom is 0.321 e. The topological polar surface area (TPSA) is 99.6 Å². The van der Waals surface area contributed by atoms with Crippen molar-refractivity contribution in [3.8, 4) is 16.8 Å². The van der Waals surface area contributed by atoms with E-state index in [0.29, 0.717) is 18.8 Å². The number of likely N-dealkylation sites (N-methyl/N-ethyl adjacent to an activating group) is 1. The van der Waals surface area contributed by atoms with Crippen molar-refractivity contribution in [2.24, 2.45) is 0 Å². The molecule has 0 aliphatic carbocycles. The maximum absolute atomic E-state index is 12.7. The van der Waals surface area contributed by atoms with Gasteiger partial charge in [0.15, 0.2) is 0 Å². The van der Waals surface area contributed by atoms with E-state index in [9.17, 15) is 13.2 Å². The minimum atomic E-state index is -3.38. The molecule has 0 spiro atoms. The SMILES string of the molecule is CN(C)CCNC(=O)N1CCc2cc(-c3ccc4ncn(-c5cccc(NS(C)(=O)=O)c5)c4c3)ccc21. The summed E-state index contributed by atoms with van der Waals surface area (Å²) < 4.78 is 27.8. The Morgan fingerprint density at radius 3 is 2.62 bits per heavy atom. The number of amides is 2. The Hall–Kier alpha value is -3.89. The molecule has 0 saturated carbocycles. The number of rotatable bonds is 7. The van der Waals surface area contributed by atoms with E-state index in [1.54, 1.807) is 24.5 Å². The molecule has 2 N–H and O–H groups in total. The minimum absolute atomic E-state index is 0.0636. The molecule has 192 valence electrons. The lowest BCUT2D eigenvalue weighted by Gasteiger charge is -2.19. The average molecular weight is 519 g/mol. The van der Waals surface area contributed by atoms with Crippen molar-refractivity contribution in [2.45, 2.75) is 6.42 Å². The lowest BCUT2D eigenvalue weighted by atomic mass is 10.0. The Balaban J connectivity index is 1.42. The van der Waals surface area contributed by atoms with Crippen molar-refractivity contribution in [2.75, 3.05) is 49.6 Å². The third kappa shape index (κ3) is 5.45. The number of carbonyl (C=O) groups excluding carboxylic acids is 1. The number of urea groups is 1. The van der Waals surface area contributed by atoms with Crippen LogP contribution in [0.25, 0.3) is 27.8 Å². The van der Waals surface area contributed by atoms with Crippen LogP contribution in [0.15, 0.2) is 67.0 Å². The molecule has 0 bridgehead atoms. The van der Waals surface area contributed by atoms with Crippen molar-refractivity contribution in [1.82, 2.24) is 19.8 Å². The normalized spacial score (nSPS) is 13.2. The van der Waals surface area contributed by atoms with Gasteiger partial charge in [-0.05, 0) is 79.7 Å². The summed E-state index contributed by atoms with van der Waals surface area (Å²) in [5.74, 6) is 0. The highest BCUT2D eigenvalue weighted by atomic mass is 32.2. The molecule has 1 aromatic heterocycles. The van der Waals surface area contributed by atoms with Gasteiger partial charge in [-0.2, -0.15) is 0 Å². The van der Waals surface area contributed by atoms with Gasteiger partial charge in [-0.25, -0.2) is 18.2 Å². The number of anilines is 2. The monoisotopic (exact) mass is 518 g/mol. The molecular weight excluding hydrogens is 488 g/mol. The van der Waals surface area contributed by atoms with Gasteiger partial charge in [0.25, 0.3) is 0 Å². The van der Waals surface area contributed by atoms with E-state index < -0.39 is 10.0 Å². The molecule has 0 unspecified atom stereocenters. The Bertz CT molecular complexity index is 1580. The molecule has 37 heavy (non-hydrogen) atoms. The Morgan fingerprint density at radius 2 is 1.84 bits per heavy atom. The second-order valence-electron chi connectivity index (χ2n) is 9.52. The summed E-state index contributed by atoms with van der Waals surface area (Å²) in [4.78, 5) is 21.1. The van der Waals surface area contributed by atoms with Gasteiger partial charge in [0.1, 0.15) is 6.33 Å². The lowest BCUT2D eigenvalue weighted by molar-refractivity contribution is 0.245. The van der Waals surface area contributed by atoms with Crippen LogP contribution in [0.2, 0.25) is 0 Å². The maximum atomic E-state index is 12.7. The minimum Gasteiger partial charge on any atom is -0.336 e. The van der Waals surface area contributed by atoms with Crippen LogP contribution in [0.4, 0.5) is 16.2 Å². The van der Waals surface area contributed by atoms with Crippen molar-refractivity contribution in [3.05, 3.63) is 72.6 Å². The molecule has 0 saturated heterocycles. The standard InChI is InChI=1S/C27H30N6O3S/c1-31(2)14-12-28-27(34)32-13-11-21-15-19(8-10-25(21)32)20-7-9-24-26(16-20)33(18-29-24)23-6-4-5-22(17-23)30-37(3,35)36/h4-10,15-18,30H,11-14H2,1-3H3,(H,28,34). The van der Waals surface area contributed by atoms with Gasteiger partial charge < -0.3 is 10.2 Å². The number of aromatic nitrogens is 2. The average Bonchev–Trinajstić information content (AvgIpc) is 3.46. The highest BCUT2D eigenvalue weighted by molar-refractivity contribution is 7.92.